The number of nitrogens with two attached hydrogens (primary N) is 1. The molecule has 0 aliphatic rings. The summed E-state index contributed by atoms with van der Waals surface area (Å²) in [6.07, 6.45) is 2.61. The highest BCUT2D eigenvalue weighted by Crippen LogP contribution is 2.02. The van der Waals surface area contributed by atoms with Crippen LogP contribution >= 0.6 is 0 Å². The minimum Gasteiger partial charge on any atom is -0.392 e. The van der Waals surface area contributed by atoms with Crippen molar-refractivity contribution in [3.05, 3.63) is 12.4 Å². The van der Waals surface area contributed by atoms with Crippen LogP contribution in [0.1, 0.15) is 6.92 Å². The fraction of sp³-hybridized carbons (Fsp3) is 0.429. The van der Waals surface area contributed by atoms with Crippen molar-refractivity contribution in [2.75, 3.05) is 17.6 Å². The van der Waals surface area contributed by atoms with Crippen LogP contribution in [0.3, 0.4) is 0 Å². The first kappa shape index (κ1) is 8.73. The average Bonchev–Trinajstić information content (AvgIpc) is 2.01. The SMILES string of the molecule is C[C@H](O)CNc1cncc(N)n1. The van der Waals surface area contributed by atoms with E-state index in [1.54, 1.807) is 13.1 Å². The summed E-state index contributed by atoms with van der Waals surface area (Å²) in [6.45, 7) is 2.13. The number of hydrogen-bond donors (Lipinski definition) is 3. The molecule has 0 bridgehead atoms. The van der Waals surface area contributed by atoms with E-state index in [9.17, 15) is 0 Å². The van der Waals surface area contributed by atoms with Gasteiger partial charge in [-0.3, -0.25) is 4.98 Å². The number of aliphatic hydroxyl groups excluding tert-OH is 1. The van der Waals surface area contributed by atoms with Gasteiger partial charge in [0.05, 0.1) is 18.5 Å². The van der Waals surface area contributed by atoms with Crippen molar-refractivity contribution < 1.29 is 5.11 Å². The minimum atomic E-state index is -0.409. The van der Waals surface area contributed by atoms with Gasteiger partial charge in [-0.25, -0.2) is 4.98 Å². The molecule has 12 heavy (non-hydrogen) atoms. The van der Waals surface area contributed by atoms with Crippen molar-refractivity contribution in [3.63, 3.8) is 0 Å². The smallest absolute Gasteiger partial charge is 0.147 e. The van der Waals surface area contributed by atoms with Crippen LogP contribution in [0, 0.1) is 0 Å². The molecule has 4 N–H and O–H groups in total. The second-order valence-electron chi connectivity index (χ2n) is 2.56. The molecular formula is C7H12N4O. The van der Waals surface area contributed by atoms with Gasteiger partial charge in [0.15, 0.2) is 0 Å². The van der Waals surface area contributed by atoms with E-state index >= 15 is 0 Å². The summed E-state index contributed by atoms with van der Waals surface area (Å²) >= 11 is 0. The van der Waals surface area contributed by atoms with E-state index in [4.69, 9.17) is 10.8 Å². The number of nitrogens with one attached hydrogen (secondary N) is 1. The zero-order chi connectivity index (χ0) is 8.97. The van der Waals surface area contributed by atoms with E-state index in [-0.39, 0.29) is 0 Å². The molecule has 1 rings (SSSR count). The van der Waals surface area contributed by atoms with Gasteiger partial charge in [0.1, 0.15) is 11.6 Å². The van der Waals surface area contributed by atoms with Gasteiger partial charge in [0.25, 0.3) is 0 Å². The fourth-order valence-electron chi connectivity index (χ4n) is 0.719. The first-order valence-corrected chi connectivity index (χ1v) is 3.68. The Balaban J connectivity index is 2.52. The maximum absolute atomic E-state index is 8.94. The Morgan fingerprint density at radius 1 is 1.67 bits per heavy atom. The molecule has 0 aromatic carbocycles. The summed E-state index contributed by atoms with van der Waals surface area (Å²) in [4.78, 5) is 7.77. The molecule has 5 heteroatoms. The molecule has 0 aliphatic carbocycles. The highest BCUT2D eigenvalue weighted by molar-refractivity contribution is 5.38. The third-order valence-corrected chi connectivity index (χ3v) is 1.23. The summed E-state index contributed by atoms with van der Waals surface area (Å²) in [5.74, 6) is 0.946. The maximum Gasteiger partial charge on any atom is 0.147 e. The zero-order valence-corrected chi connectivity index (χ0v) is 6.86. The van der Waals surface area contributed by atoms with Gasteiger partial charge in [-0.15, -0.1) is 0 Å². The molecule has 0 amide bonds. The molecule has 0 saturated heterocycles. The summed E-state index contributed by atoms with van der Waals surface area (Å²) < 4.78 is 0. The summed E-state index contributed by atoms with van der Waals surface area (Å²) in [6, 6.07) is 0. The van der Waals surface area contributed by atoms with E-state index in [1.165, 1.54) is 6.20 Å². The molecule has 1 heterocycles. The highest BCUT2D eigenvalue weighted by Gasteiger charge is 1.97. The van der Waals surface area contributed by atoms with Gasteiger partial charge in [-0.1, -0.05) is 0 Å². The Morgan fingerprint density at radius 2 is 2.42 bits per heavy atom. The summed E-state index contributed by atoms with van der Waals surface area (Å²) in [7, 11) is 0. The van der Waals surface area contributed by atoms with Crippen molar-refractivity contribution in [2.45, 2.75) is 13.0 Å². The second kappa shape index (κ2) is 3.87. The third-order valence-electron chi connectivity index (χ3n) is 1.23. The molecule has 1 atom stereocenters. The van der Waals surface area contributed by atoms with Gasteiger partial charge in [0.2, 0.25) is 0 Å². The lowest BCUT2D eigenvalue weighted by Crippen LogP contribution is -2.16. The first-order chi connectivity index (χ1) is 5.68. The van der Waals surface area contributed by atoms with Crippen LogP contribution in [-0.2, 0) is 0 Å². The van der Waals surface area contributed by atoms with Crippen LogP contribution in [0.25, 0.3) is 0 Å². The number of aromatic nitrogens is 2. The van der Waals surface area contributed by atoms with E-state index in [0.29, 0.717) is 18.2 Å². The Hall–Kier alpha value is -1.36. The van der Waals surface area contributed by atoms with E-state index in [1.807, 2.05) is 0 Å². The van der Waals surface area contributed by atoms with Gasteiger partial charge in [0, 0.05) is 6.54 Å². The largest absolute Gasteiger partial charge is 0.392 e. The molecule has 0 radical (unpaired) electrons. The number of rotatable bonds is 3. The molecule has 0 unspecified atom stereocenters. The first-order valence-electron chi connectivity index (χ1n) is 3.68. The van der Waals surface area contributed by atoms with Crippen LogP contribution in [0.15, 0.2) is 12.4 Å². The highest BCUT2D eigenvalue weighted by atomic mass is 16.3. The lowest BCUT2D eigenvalue weighted by atomic mass is 10.4. The molecule has 0 spiro atoms. The van der Waals surface area contributed by atoms with Crippen LogP contribution in [0.4, 0.5) is 11.6 Å². The molecule has 0 aliphatic heterocycles. The van der Waals surface area contributed by atoms with Crippen molar-refractivity contribution in [1.82, 2.24) is 9.97 Å². The quantitative estimate of drug-likeness (QED) is 0.584. The summed E-state index contributed by atoms with van der Waals surface area (Å²) in [5, 5.41) is 11.8. The van der Waals surface area contributed by atoms with Crippen molar-refractivity contribution in [3.8, 4) is 0 Å². The molecule has 1 aromatic rings. The molecule has 0 saturated carbocycles. The topological polar surface area (TPSA) is 84.1 Å². The Morgan fingerprint density at radius 3 is 3.00 bits per heavy atom. The lowest BCUT2D eigenvalue weighted by Gasteiger charge is -2.06. The van der Waals surface area contributed by atoms with Gasteiger partial charge >= 0.3 is 0 Å². The van der Waals surface area contributed by atoms with Gasteiger partial charge in [-0.05, 0) is 6.92 Å². The van der Waals surface area contributed by atoms with E-state index in [0.717, 1.165) is 0 Å². The monoisotopic (exact) mass is 168 g/mol. The van der Waals surface area contributed by atoms with E-state index < -0.39 is 6.10 Å². The normalized spacial score (nSPS) is 12.5. The lowest BCUT2D eigenvalue weighted by molar-refractivity contribution is 0.208. The van der Waals surface area contributed by atoms with Gasteiger partial charge < -0.3 is 16.2 Å². The number of nitrogen functional groups attached to an aromatic ring is 1. The molecule has 0 fully saturated rings. The molecular weight excluding hydrogens is 156 g/mol. The number of anilines is 2. The average molecular weight is 168 g/mol. The van der Waals surface area contributed by atoms with Gasteiger partial charge in [-0.2, -0.15) is 0 Å². The molecule has 1 aromatic heterocycles. The Kier molecular flexibility index (Phi) is 2.82. The standard InChI is InChI=1S/C7H12N4O/c1-5(12)2-10-7-4-9-3-6(8)11-7/h3-5,12H,2H2,1H3,(H3,8,10,11)/t5-/m0/s1. The number of nitrogens with zero attached hydrogens (tertiary/aromatic N) is 2. The van der Waals surface area contributed by atoms with Crippen molar-refractivity contribution >= 4 is 11.6 Å². The molecule has 66 valence electrons. The Labute approximate surface area is 70.6 Å². The predicted molar refractivity (Wildman–Crippen MR) is 46.6 cm³/mol. The predicted octanol–water partition coefficient (Wildman–Crippen LogP) is -0.149. The van der Waals surface area contributed by atoms with Crippen molar-refractivity contribution in [2.24, 2.45) is 0 Å². The maximum atomic E-state index is 8.94. The van der Waals surface area contributed by atoms with E-state index in [2.05, 4.69) is 15.3 Å². The van der Waals surface area contributed by atoms with Crippen LogP contribution in [0.5, 0.6) is 0 Å². The number of hydrogen-bond acceptors (Lipinski definition) is 5. The second-order valence-corrected chi connectivity index (χ2v) is 2.56. The number of aliphatic hydroxyl groups is 1. The molecule has 5 nitrogen and oxygen atoms in total. The summed E-state index contributed by atoms with van der Waals surface area (Å²) in [5.41, 5.74) is 5.39. The Bertz CT molecular complexity index is 251. The van der Waals surface area contributed by atoms with Crippen LogP contribution < -0.4 is 11.1 Å². The van der Waals surface area contributed by atoms with Crippen LogP contribution in [-0.4, -0.2) is 27.7 Å². The minimum absolute atomic E-state index is 0.366. The van der Waals surface area contributed by atoms with Crippen LogP contribution in [0.2, 0.25) is 0 Å². The zero-order valence-electron chi connectivity index (χ0n) is 6.86. The fourth-order valence-corrected chi connectivity index (χ4v) is 0.719. The third kappa shape index (κ3) is 2.71. The van der Waals surface area contributed by atoms with Crippen molar-refractivity contribution in [1.29, 1.82) is 0 Å².